The lowest BCUT2D eigenvalue weighted by Gasteiger charge is -2.44. The molecule has 0 aromatic carbocycles. The molecular weight excluding hydrogens is 284 g/mol. The van der Waals surface area contributed by atoms with Crippen LogP contribution in [-0.2, 0) is 11.8 Å². The number of amides is 1. The minimum atomic E-state index is -0.603. The number of hydrogen-bond acceptors (Lipinski definition) is 5. The minimum Gasteiger partial charge on any atom is -0.396 e. The van der Waals surface area contributed by atoms with E-state index < -0.39 is 11.5 Å². The predicted molar refractivity (Wildman–Crippen MR) is 83.3 cm³/mol. The van der Waals surface area contributed by atoms with Gasteiger partial charge in [-0.25, -0.2) is 0 Å². The van der Waals surface area contributed by atoms with Gasteiger partial charge < -0.3 is 15.5 Å². The molecule has 1 fully saturated rings. The van der Waals surface area contributed by atoms with E-state index in [9.17, 15) is 15.0 Å². The molecule has 0 unspecified atom stereocenters. The largest absolute Gasteiger partial charge is 0.396 e. The van der Waals surface area contributed by atoms with Crippen LogP contribution in [0.4, 0.5) is 5.82 Å². The van der Waals surface area contributed by atoms with Gasteiger partial charge in [0.2, 0.25) is 5.91 Å². The number of β-amino-alcohol motifs (C(OH)–C–C–N with tert-alkyl or cyclic N) is 1. The van der Waals surface area contributed by atoms with Crippen molar-refractivity contribution in [3.05, 3.63) is 12.3 Å². The zero-order chi connectivity index (χ0) is 16.2. The van der Waals surface area contributed by atoms with Crippen molar-refractivity contribution in [2.75, 3.05) is 31.6 Å². The standard InChI is InChI=1S/C15H26N4O3/c1-3-5-15(11-20)6-8-19(9-12(15)21)10-14(22)16-13-4-7-18(2)17-13/h4,7,12,20-21H,3,5-6,8-11H2,1-2H3,(H,16,17,22)/t12-,15-/m1/s1. The molecule has 2 heterocycles. The molecule has 1 aromatic rings. The van der Waals surface area contributed by atoms with Crippen LogP contribution in [-0.4, -0.2) is 63.1 Å². The van der Waals surface area contributed by atoms with Gasteiger partial charge >= 0.3 is 0 Å². The van der Waals surface area contributed by atoms with Crippen molar-refractivity contribution in [1.82, 2.24) is 14.7 Å². The fourth-order valence-electron chi connectivity index (χ4n) is 3.14. The second-order valence-electron chi connectivity index (χ2n) is 6.19. The summed E-state index contributed by atoms with van der Waals surface area (Å²) >= 11 is 0. The lowest BCUT2D eigenvalue weighted by atomic mass is 9.73. The smallest absolute Gasteiger partial charge is 0.239 e. The highest BCUT2D eigenvalue weighted by Crippen LogP contribution is 2.35. The van der Waals surface area contributed by atoms with E-state index in [1.165, 1.54) is 0 Å². The van der Waals surface area contributed by atoms with E-state index in [4.69, 9.17) is 0 Å². The van der Waals surface area contributed by atoms with Crippen molar-refractivity contribution < 1.29 is 15.0 Å². The third kappa shape index (κ3) is 3.85. The van der Waals surface area contributed by atoms with E-state index in [2.05, 4.69) is 17.3 Å². The summed E-state index contributed by atoms with van der Waals surface area (Å²) in [6.45, 7) is 3.39. The van der Waals surface area contributed by atoms with E-state index in [1.807, 2.05) is 4.90 Å². The molecule has 1 aromatic heterocycles. The number of aliphatic hydroxyl groups is 2. The van der Waals surface area contributed by atoms with Crippen molar-refractivity contribution in [2.45, 2.75) is 32.3 Å². The van der Waals surface area contributed by atoms with Gasteiger partial charge in [-0.2, -0.15) is 5.10 Å². The molecule has 2 atom stereocenters. The van der Waals surface area contributed by atoms with E-state index in [-0.39, 0.29) is 19.1 Å². The fourth-order valence-corrected chi connectivity index (χ4v) is 3.14. The maximum Gasteiger partial charge on any atom is 0.239 e. The van der Waals surface area contributed by atoms with Crippen LogP contribution in [0.25, 0.3) is 0 Å². The van der Waals surface area contributed by atoms with Gasteiger partial charge in [-0.05, 0) is 19.4 Å². The zero-order valence-corrected chi connectivity index (χ0v) is 13.3. The van der Waals surface area contributed by atoms with E-state index >= 15 is 0 Å². The number of carbonyl (C=O) groups is 1. The fraction of sp³-hybridized carbons (Fsp3) is 0.733. The Bertz CT molecular complexity index is 505. The quantitative estimate of drug-likeness (QED) is 0.698. The maximum atomic E-state index is 12.0. The van der Waals surface area contributed by atoms with Crippen LogP contribution >= 0.6 is 0 Å². The Hall–Kier alpha value is -1.44. The van der Waals surface area contributed by atoms with Crippen LogP contribution in [0.3, 0.4) is 0 Å². The number of rotatable bonds is 6. The molecule has 124 valence electrons. The third-order valence-electron chi connectivity index (χ3n) is 4.48. The molecular formula is C15H26N4O3. The number of nitrogens with one attached hydrogen (secondary N) is 1. The zero-order valence-electron chi connectivity index (χ0n) is 13.3. The van der Waals surface area contributed by atoms with Crippen molar-refractivity contribution in [3.8, 4) is 0 Å². The number of anilines is 1. The number of hydrogen-bond donors (Lipinski definition) is 3. The Balaban J connectivity index is 1.86. The summed E-state index contributed by atoms with van der Waals surface area (Å²) < 4.78 is 1.63. The van der Waals surface area contributed by atoms with Gasteiger partial charge in [0.25, 0.3) is 0 Å². The van der Waals surface area contributed by atoms with Gasteiger partial charge in [-0.15, -0.1) is 0 Å². The topological polar surface area (TPSA) is 90.6 Å². The lowest BCUT2D eigenvalue weighted by molar-refractivity contribution is -0.121. The molecule has 1 aliphatic rings. The maximum absolute atomic E-state index is 12.0. The first-order valence-corrected chi connectivity index (χ1v) is 7.80. The van der Waals surface area contributed by atoms with Gasteiger partial charge in [0.15, 0.2) is 5.82 Å². The number of aryl methyl sites for hydroxylation is 1. The second kappa shape index (κ2) is 7.21. The van der Waals surface area contributed by atoms with Gasteiger partial charge in [-0.3, -0.25) is 14.4 Å². The number of nitrogens with zero attached hydrogens (tertiary/aromatic N) is 3. The van der Waals surface area contributed by atoms with Crippen LogP contribution in [0, 0.1) is 5.41 Å². The summed E-state index contributed by atoms with van der Waals surface area (Å²) in [5, 5.41) is 26.9. The molecule has 0 aliphatic carbocycles. The summed E-state index contributed by atoms with van der Waals surface area (Å²) in [5.74, 6) is 0.388. The summed E-state index contributed by atoms with van der Waals surface area (Å²) in [6, 6.07) is 1.74. The number of aliphatic hydroxyl groups excluding tert-OH is 2. The monoisotopic (exact) mass is 310 g/mol. The summed E-state index contributed by atoms with van der Waals surface area (Å²) in [4.78, 5) is 13.9. The molecule has 7 nitrogen and oxygen atoms in total. The molecule has 1 amide bonds. The average Bonchev–Trinajstić information content (AvgIpc) is 2.87. The van der Waals surface area contributed by atoms with E-state index in [0.29, 0.717) is 25.3 Å². The van der Waals surface area contributed by atoms with Gasteiger partial charge in [0.05, 0.1) is 19.3 Å². The Kier molecular flexibility index (Phi) is 5.55. The molecule has 0 saturated carbocycles. The van der Waals surface area contributed by atoms with Crippen LogP contribution in [0.1, 0.15) is 26.2 Å². The van der Waals surface area contributed by atoms with E-state index in [1.54, 1.807) is 24.0 Å². The van der Waals surface area contributed by atoms with Crippen LogP contribution < -0.4 is 5.32 Å². The van der Waals surface area contributed by atoms with Crippen LogP contribution in [0.2, 0.25) is 0 Å². The SMILES string of the molecule is CCC[C@]1(CO)CCN(CC(=O)Nc2ccn(C)n2)C[C@H]1O. The highest BCUT2D eigenvalue weighted by Gasteiger charge is 2.41. The van der Waals surface area contributed by atoms with E-state index in [0.717, 1.165) is 12.8 Å². The molecule has 3 N–H and O–H groups in total. The highest BCUT2D eigenvalue weighted by molar-refractivity contribution is 5.91. The first-order chi connectivity index (χ1) is 10.5. The molecule has 1 saturated heterocycles. The second-order valence-corrected chi connectivity index (χ2v) is 6.19. The Morgan fingerprint density at radius 2 is 2.36 bits per heavy atom. The molecule has 1 aliphatic heterocycles. The van der Waals surface area contributed by atoms with Crippen LogP contribution in [0.5, 0.6) is 0 Å². The molecule has 22 heavy (non-hydrogen) atoms. The molecule has 0 bridgehead atoms. The van der Waals surface area contributed by atoms with Gasteiger partial charge in [0.1, 0.15) is 0 Å². The minimum absolute atomic E-state index is 0.00399. The van der Waals surface area contributed by atoms with Gasteiger partial charge in [0, 0.05) is 31.3 Å². The third-order valence-corrected chi connectivity index (χ3v) is 4.48. The summed E-state index contributed by atoms with van der Waals surface area (Å²) in [7, 11) is 1.79. The molecule has 2 rings (SSSR count). The number of likely N-dealkylation sites (tertiary alicyclic amines) is 1. The van der Waals surface area contributed by atoms with Crippen molar-refractivity contribution in [3.63, 3.8) is 0 Å². The van der Waals surface area contributed by atoms with Gasteiger partial charge in [-0.1, -0.05) is 13.3 Å². The van der Waals surface area contributed by atoms with Crippen molar-refractivity contribution >= 4 is 11.7 Å². The van der Waals surface area contributed by atoms with Crippen molar-refractivity contribution in [1.29, 1.82) is 0 Å². The molecule has 7 heteroatoms. The van der Waals surface area contributed by atoms with Crippen molar-refractivity contribution in [2.24, 2.45) is 12.5 Å². The predicted octanol–water partition coefficient (Wildman–Crippen LogP) is 0.204. The summed E-state index contributed by atoms with van der Waals surface area (Å²) in [6.07, 6.45) is 3.60. The number of aromatic nitrogens is 2. The lowest BCUT2D eigenvalue weighted by Crippen LogP contribution is -2.54. The summed E-state index contributed by atoms with van der Waals surface area (Å²) in [5.41, 5.74) is -0.414. The highest BCUT2D eigenvalue weighted by atomic mass is 16.3. The first kappa shape index (κ1) is 16.9. The molecule has 0 spiro atoms. The normalized spacial score (nSPS) is 26.1. The first-order valence-electron chi connectivity index (χ1n) is 7.80. The average molecular weight is 310 g/mol. The number of piperidine rings is 1. The Morgan fingerprint density at radius 1 is 1.59 bits per heavy atom. The van der Waals surface area contributed by atoms with Crippen LogP contribution in [0.15, 0.2) is 12.3 Å². The number of carbonyl (C=O) groups excluding carboxylic acids is 1. The Labute approximate surface area is 130 Å². The Morgan fingerprint density at radius 3 is 2.91 bits per heavy atom. The molecule has 0 radical (unpaired) electrons.